The van der Waals surface area contributed by atoms with Gasteiger partial charge in [0.05, 0.1) is 12.9 Å². The number of nitrogens with one attached hydrogen (secondary N) is 1. The average molecular weight is 299 g/mol. The third-order valence-corrected chi connectivity index (χ3v) is 3.49. The molecule has 0 saturated heterocycles. The predicted octanol–water partition coefficient (Wildman–Crippen LogP) is 3.23. The van der Waals surface area contributed by atoms with Crippen LogP contribution in [-0.2, 0) is 4.79 Å². The largest absolute Gasteiger partial charge is 0.467 e. The Morgan fingerprint density at radius 1 is 1.32 bits per heavy atom. The van der Waals surface area contributed by atoms with Crippen LogP contribution in [-0.4, -0.2) is 17.6 Å². The summed E-state index contributed by atoms with van der Waals surface area (Å²) in [6.07, 6.45) is 3.85. The van der Waals surface area contributed by atoms with Crippen molar-refractivity contribution in [3.63, 3.8) is 0 Å². The van der Waals surface area contributed by atoms with Gasteiger partial charge < -0.3 is 14.8 Å². The van der Waals surface area contributed by atoms with Crippen LogP contribution in [0.4, 0.5) is 0 Å². The van der Waals surface area contributed by atoms with Crippen LogP contribution in [0.15, 0.2) is 53.2 Å². The molecule has 2 aromatic rings. The molecule has 0 saturated carbocycles. The summed E-state index contributed by atoms with van der Waals surface area (Å²) in [6.45, 7) is 3.83. The van der Waals surface area contributed by atoms with E-state index >= 15 is 0 Å². The lowest BCUT2D eigenvalue weighted by Crippen LogP contribution is -2.29. The van der Waals surface area contributed by atoms with Crippen LogP contribution in [0.1, 0.15) is 36.3 Å². The van der Waals surface area contributed by atoms with E-state index < -0.39 is 6.04 Å². The van der Waals surface area contributed by atoms with Crippen molar-refractivity contribution in [1.82, 2.24) is 5.32 Å². The maximum Gasteiger partial charge on any atom is 0.244 e. The highest BCUT2D eigenvalue weighted by atomic mass is 16.3. The van der Waals surface area contributed by atoms with E-state index in [1.54, 1.807) is 18.2 Å². The molecule has 2 N–H and O–H groups in total. The summed E-state index contributed by atoms with van der Waals surface area (Å²) >= 11 is 0. The van der Waals surface area contributed by atoms with Crippen LogP contribution in [0.25, 0.3) is 5.57 Å². The Bertz CT molecular complexity index is 627. The molecule has 0 aliphatic rings. The molecule has 0 spiro atoms. The van der Waals surface area contributed by atoms with E-state index in [1.807, 2.05) is 38.1 Å². The van der Waals surface area contributed by atoms with E-state index in [2.05, 4.69) is 5.32 Å². The number of aliphatic hydroxyl groups excluding tert-OH is 1. The zero-order valence-corrected chi connectivity index (χ0v) is 12.9. The van der Waals surface area contributed by atoms with E-state index in [-0.39, 0.29) is 12.5 Å². The van der Waals surface area contributed by atoms with Crippen LogP contribution < -0.4 is 5.32 Å². The summed E-state index contributed by atoms with van der Waals surface area (Å²) in [5, 5.41) is 12.1. The summed E-state index contributed by atoms with van der Waals surface area (Å²) in [5.41, 5.74) is 3.16. The van der Waals surface area contributed by atoms with Crippen LogP contribution in [0.3, 0.4) is 0 Å². The molecule has 0 aliphatic carbocycles. The molecular formula is C18H21NO3. The van der Waals surface area contributed by atoms with Crippen molar-refractivity contribution < 1.29 is 14.3 Å². The Kier molecular flexibility index (Phi) is 5.55. The molecule has 116 valence electrons. The van der Waals surface area contributed by atoms with Crippen molar-refractivity contribution in [2.24, 2.45) is 0 Å². The van der Waals surface area contributed by atoms with Gasteiger partial charge >= 0.3 is 0 Å². The smallest absolute Gasteiger partial charge is 0.244 e. The number of carbonyl (C=O) groups excluding carboxylic acids is 1. The van der Waals surface area contributed by atoms with Gasteiger partial charge in [-0.1, -0.05) is 36.8 Å². The zero-order valence-electron chi connectivity index (χ0n) is 12.9. The van der Waals surface area contributed by atoms with Crippen molar-refractivity contribution in [1.29, 1.82) is 0 Å². The molecule has 4 nitrogen and oxygen atoms in total. The third-order valence-electron chi connectivity index (χ3n) is 3.49. The Balaban J connectivity index is 2.11. The summed E-state index contributed by atoms with van der Waals surface area (Å²) in [6, 6.07) is 11.0. The topological polar surface area (TPSA) is 62.5 Å². The first-order chi connectivity index (χ1) is 10.6. The van der Waals surface area contributed by atoms with Gasteiger partial charge in [-0.2, -0.15) is 0 Å². The highest BCUT2D eigenvalue weighted by Crippen LogP contribution is 2.19. The molecule has 0 bridgehead atoms. The monoisotopic (exact) mass is 299 g/mol. The van der Waals surface area contributed by atoms with Gasteiger partial charge in [0.1, 0.15) is 11.8 Å². The number of amides is 1. The van der Waals surface area contributed by atoms with Gasteiger partial charge in [-0.15, -0.1) is 0 Å². The minimum Gasteiger partial charge on any atom is -0.467 e. The minimum absolute atomic E-state index is 0.209. The number of aliphatic hydroxyl groups is 1. The SMILES string of the molecule is CC/C(=C/C(=O)NC(CO)c1ccco1)c1ccc(C)cc1. The summed E-state index contributed by atoms with van der Waals surface area (Å²) in [7, 11) is 0. The molecule has 22 heavy (non-hydrogen) atoms. The van der Waals surface area contributed by atoms with Crippen molar-refractivity contribution in [2.75, 3.05) is 6.61 Å². The lowest BCUT2D eigenvalue weighted by atomic mass is 10.0. The number of furan rings is 1. The number of allylic oxidation sites excluding steroid dienone is 1. The molecule has 4 heteroatoms. The molecule has 0 aliphatic heterocycles. The van der Waals surface area contributed by atoms with Crippen LogP contribution in [0.5, 0.6) is 0 Å². The molecule has 1 aromatic carbocycles. The fourth-order valence-electron chi connectivity index (χ4n) is 2.23. The normalized spacial score (nSPS) is 13.0. The van der Waals surface area contributed by atoms with Gasteiger partial charge in [0.2, 0.25) is 5.91 Å². The molecule has 2 rings (SSSR count). The Labute approximate surface area is 130 Å². The standard InChI is InChI=1S/C18H21NO3/c1-3-14(15-8-6-13(2)7-9-15)11-18(21)19-16(12-20)17-5-4-10-22-17/h4-11,16,20H,3,12H2,1-2H3,(H,19,21)/b14-11-. The van der Waals surface area contributed by atoms with Crippen LogP contribution >= 0.6 is 0 Å². The molecule has 0 radical (unpaired) electrons. The lowest BCUT2D eigenvalue weighted by molar-refractivity contribution is -0.117. The first-order valence-corrected chi connectivity index (χ1v) is 7.36. The van der Waals surface area contributed by atoms with Crippen LogP contribution in [0.2, 0.25) is 0 Å². The minimum atomic E-state index is -0.533. The molecule has 1 amide bonds. The van der Waals surface area contributed by atoms with Crippen molar-refractivity contribution >= 4 is 11.5 Å². The third kappa shape index (κ3) is 4.09. The summed E-state index contributed by atoms with van der Waals surface area (Å²) in [4.78, 5) is 12.2. The van der Waals surface area contributed by atoms with Gasteiger partial charge in [-0.25, -0.2) is 0 Å². The van der Waals surface area contributed by atoms with E-state index in [4.69, 9.17) is 4.42 Å². The molecule has 1 atom stereocenters. The van der Waals surface area contributed by atoms with Gasteiger partial charge in [-0.05, 0) is 36.6 Å². The number of benzene rings is 1. The highest BCUT2D eigenvalue weighted by molar-refractivity contribution is 5.95. The molecule has 1 heterocycles. The number of aryl methyl sites for hydroxylation is 1. The van der Waals surface area contributed by atoms with E-state index in [9.17, 15) is 9.90 Å². The van der Waals surface area contributed by atoms with Crippen molar-refractivity contribution in [3.8, 4) is 0 Å². The predicted molar refractivity (Wildman–Crippen MR) is 86.1 cm³/mol. The molecule has 1 aromatic heterocycles. The number of hydrogen-bond donors (Lipinski definition) is 2. The maximum atomic E-state index is 12.2. The average Bonchev–Trinajstić information content (AvgIpc) is 3.05. The molecule has 1 unspecified atom stereocenters. The van der Waals surface area contributed by atoms with Crippen molar-refractivity contribution in [3.05, 3.63) is 65.6 Å². The van der Waals surface area contributed by atoms with Gasteiger partial charge in [0.15, 0.2) is 0 Å². The summed E-state index contributed by atoms with van der Waals surface area (Å²) in [5.74, 6) is 0.297. The Morgan fingerprint density at radius 3 is 2.59 bits per heavy atom. The molecule has 0 fully saturated rings. The zero-order chi connectivity index (χ0) is 15.9. The fraction of sp³-hybridized carbons (Fsp3) is 0.278. The first kappa shape index (κ1) is 16.0. The second-order valence-corrected chi connectivity index (χ2v) is 5.15. The Hall–Kier alpha value is -2.33. The summed E-state index contributed by atoms with van der Waals surface area (Å²) < 4.78 is 5.22. The van der Waals surface area contributed by atoms with Crippen LogP contribution in [0, 0.1) is 6.92 Å². The van der Waals surface area contributed by atoms with E-state index in [0.717, 1.165) is 17.6 Å². The second kappa shape index (κ2) is 7.61. The number of rotatable bonds is 6. The Morgan fingerprint density at radius 2 is 2.05 bits per heavy atom. The highest BCUT2D eigenvalue weighted by Gasteiger charge is 2.15. The molecular weight excluding hydrogens is 278 g/mol. The number of carbonyl (C=O) groups is 1. The van der Waals surface area contributed by atoms with E-state index in [1.165, 1.54) is 11.8 Å². The van der Waals surface area contributed by atoms with Gasteiger partial charge in [-0.3, -0.25) is 4.79 Å². The lowest BCUT2D eigenvalue weighted by Gasteiger charge is -2.13. The first-order valence-electron chi connectivity index (χ1n) is 7.36. The van der Waals surface area contributed by atoms with E-state index in [0.29, 0.717) is 5.76 Å². The second-order valence-electron chi connectivity index (χ2n) is 5.15. The number of hydrogen-bond acceptors (Lipinski definition) is 3. The van der Waals surface area contributed by atoms with Crippen molar-refractivity contribution in [2.45, 2.75) is 26.3 Å². The fourth-order valence-corrected chi connectivity index (χ4v) is 2.23. The van der Waals surface area contributed by atoms with Gasteiger partial charge in [0, 0.05) is 6.08 Å². The van der Waals surface area contributed by atoms with Gasteiger partial charge in [0.25, 0.3) is 0 Å². The quantitative estimate of drug-likeness (QED) is 0.805. The maximum absolute atomic E-state index is 12.2.